The number of unbranched alkanes of at least 4 members (excludes halogenated alkanes) is 3. The molecule has 2 aromatic rings. The molecular weight excluding hydrogens is 479 g/mol. The molecule has 8 heteroatoms. The molecule has 2 N–H and O–H groups in total. The van der Waals surface area contributed by atoms with E-state index in [1.807, 2.05) is 68.5 Å². The lowest BCUT2D eigenvalue weighted by molar-refractivity contribution is -0.125. The number of amides is 2. The number of para-hydroxylation sites is 1. The Morgan fingerprint density at radius 2 is 1.63 bits per heavy atom. The number of rotatable bonds is 11. The monoisotopic (exact) mass is 516 g/mol. The van der Waals surface area contributed by atoms with Crippen LogP contribution in [0.4, 0.5) is 5.69 Å². The smallest absolute Gasteiger partial charge is 0.232 e. The molecule has 0 saturated carbocycles. The predicted molar refractivity (Wildman–Crippen MR) is 149 cm³/mol. The van der Waals surface area contributed by atoms with E-state index < -0.39 is 7.58 Å². The maximum atomic E-state index is 13.2. The number of carbonyl (C=O) groups is 2. The number of nitrogens with zero attached hydrogens (tertiary/aromatic N) is 1. The van der Waals surface area contributed by atoms with Crippen molar-refractivity contribution in [2.75, 3.05) is 18.1 Å². The average Bonchev–Trinajstić information content (AvgIpc) is 2.86. The molecule has 0 aromatic heterocycles. The zero-order chi connectivity index (χ0) is 25.5. The molecule has 0 fully saturated rings. The molecule has 0 spiro atoms. The van der Waals surface area contributed by atoms with Crippen LogP contribution in [-0.2, 0) is 20.7 Å². The Kier molecular flexibility index (Phi) is 13.7. The van der Waals surface area contributed by atoms with Gasteiger partial charge in [-0.1, -0.05) is 93.6 Å². The van der Waals surface area contributed by atoms with Crippen molar-refractivity contribution < 1.29 is 19.0 Å². The number of benzene rings is 2. The van der Waals surface area contributed by atoms with Crippen molar-refractivity contribution in [2.45, 2.75) is 58.9 Å². The second-order valence-corrected chi connectivity index (χ2v) is 9.71. The van der Waals surface area contributed by atoms with Gasteiger partial charge in [-0.15, -0.1) is 0 Å². The number of anilines is 1. The third-order valence-corrected chi connectivity index (χ3v) is 6.28. The lowest BCUT2D eigenvalue weighted by Crippen LogP contribution is -2.33. The molecule has 2 aromatic carbocycles. The highest BCUT2D eigenvalue weighted by molar-refractivity contribution is 8.41. The summed E-state index contributed by atoms with van der Waals surface area (Å²) in [5.74, 6) is -0.163. The Balaban J connectivity index is 0.00000210. The Labute approximate surface area is 215 Å². The van der Waals surface area contributed by atoms with E-state index in [-0.39, 0.29) is 24.7 Å². The minimum atomic E-state index is -1.58. The maximum Gasteiger partial charge on any atom is 0.232 e. The summed E-state index contributed by atoms with van der Waals surface area (Å²) in [5.41, 5.74) is 4.03. The summed E-state index contributed by atoms with van der Waals surface area (Å²) in [6.45, 7) is 5.57. The third-order valence-electron chi connectivity index (χ3n) is 5.52. The van der Waals surface area contributed by atoms with Gasteiger partial charge in [-0.05, 0) is 35.6 Å². The first-order valence-corrected chi connectivity index (χ1v) is 14.6. The van der Waals surface area contributed by atoms with Crippen LogP contribution in [-0.4, -0.2) is 29.9 Å². The van der Waals surface area contributed by atoms with Gasteiger partial charge >= 0.3 is 0 Å². The fourth-order valence-corrected chi connectivity index (χ4v) is 4.31. The first-order chi connectivity index (χ1) is 17.0. The summed E-state index contributed by atoms with van der Waals surface area (Å²) in [7, 11) is -1.58. The van der Waals surface area contributed by atoms with E-state index in [4.69, 9.17) is 9.42 Å². The van der Waals surface area contributed by atoms with Gasteiger partial charge in [-0.25, -0.2) is 0 Å². The number of carbonyl (C=O) groups excluding carboxylic acids is 2. The SMILES string of the molecule is CC.O=C(CCC(=O)N1Cc2ccccc2/C=C\c2ccccc21)NCCCCCCOP(O)S. The summed E-state index contributed by atoms with van der Waals surface area (Å²) in [4.78, 5) is 36.2. The van der Waals surface area contributed by atoms with Gasteiger partial charge in [0, 0.05) is 19.4 Å². The van der Waals surface area contributed by atoms with Gasteiger partial charge < -0.3 is 19.6 Å². The molecule has 2 amide bonds. The maximum absolute atomic E-state index is 13.2. The zero-order valence-corrected chi connectivity index (χ0v) is 22.4. The number of thiol groups is 1. The lowest BCUT2D eigenvalue weighted by Gasteiger charge is -2.27. The molecule has 1 heterocycles. The Hall–Kier alpha value is -2.18. The van der Waals surface area contributed by atoms with Crippen LogP contribution in [0.3, 0.4) is 0 Å². The van der Waals surface area contributed by atoms with Crippen LogP contribution in [0.5, 0.6) is 0 Å². The molecule has 1 unspecified atom stereocenters. The summed E-state index contributed by atoms with van der Waals surface area (Å²) in [6.07, 6.45) is 8.12. The van der Waals surface area contributed by atoms with Crippen LogP contribution in [0.2, 0.25) is 0 Å². The molecule has 0 bridgehead atoms. The zero-order valence-electron chi connectivity index (χ0n) is 20.7. The highest BCUT2D eigenvalue weighted by Gasteiger charge is 2.21. The number of hydrogen-bond acceptors (Lipinski definition) is 5. The van der Waals surface area contributed by atoms with Gasteiger partial charge in [0.1, 0.15) is 0 Å². The van der Waals surface area contributed by atoms with E-state index in [0.29, 0.717) is 19.7 Å². The quantitative estimate of drug-likeness (QED) is 0.185. The Bertz CT molecular complexity index is 968. The van der Waals surface area contributed by atoms with Crippen LogP contribution in [0.25, 0.3) is 12.2 Å². The van der Waals surface area contributed by atoms with E-state index in [9.17, 15) is 9.59 Å². The largest absolute Gasteiger partial charge is 0.356 e. The fourth-order valence-electron chi connectivity index (χ4n) is 3.77. The van der Waals surface area contributed by atoms with Crippen LogP contribution in [0.1, 0.15) is 69.1 Å². The molecule has 1 aliphatic rings. The van der Waals surface area contributed by atoms with Gasteiger partial charge in [0.25, 0.3) is 0 Å². The van der Waals surface area contributed by atoms with E-state index in [2.05, 4.69) is 23.6 Å². The molecule has 35 heavy (non-hydrogen) atoms. The first-order valence-electron chi connectivity index (χ1n) is 12.3. The van der Waals surface area contributed by atoms with Gasteiger partial charge in [-0.2, -0.15) is 0 Å². The summed E-state index contributed by atoms with van der Waals surface area (Å²) in [5, 5.41) is 2.91. The highest BCUT2D eigenvalue weighted by atomic mass is 32.7. The van der Waals surface area contributed by atoms with Crippen LogP contribution in [0, 0.1) is 0 Å². The predicted octanol–water partition coefficient (Wildman–Crippen LogP) is 6.35. The number of hydrogen-bond donors (Lipinski definition) is 3. The van der Waals surface area contributed by atoms with Gasteiger partial charge in [-0.3, -0.25) is 9.59 Å². The topological polar surface area (TPSA) is 78.9 Å². The van der Waals surface area contributed by atoms with Gasteiger partial charge in [0.2, 0.25) is 19.4 Å². The van der Waals surface area contributed by atoms with Crippen molar-refractivity contribution in [1.29, 1.82) is 0 Å². The average molecular weight is 517 g/mol. The van der Waals surface area contributed by atoms with E-state index in [1.54, 1.807) is 4.90 Å². The van der Waals surface area contributed by atoms with E-state index in [1.165, 1.54) is 0 Å². The molecule has 0 aliphatic carbocycles. The minimum absolute atomic E-state index is 0.0595. The molecule has 1 aliphatic heterocycles. The third kappa shape index (κ3) is 10.1. The molecule has 0 radical (unpaired) electrons. The van der Waals surface area contributed by atoms with Crippen molar-refractivity contribution in [3.63, 3.8) is 0 Å². The van der Waals surface area contributed by atoms with Crippen molar-refractivity contribution in [2.24, 2.45) is 0 Å². The Morgan fingerprint density at radius 1 is 0.971 bits per heavy atom. The molecule has 190 valence electrons. The van der Waals surface area contributed by atoms with Crippen LogP contribution >= 0.6 is 19.8 Å². The summed E-state index contributed by atoms with van der Waals surface area (Å²) < 4.78 is 5.02. The van der Waals surface area contributed by atoms with Crippen molar-refractivity contribution in [3.8, 4) is 0 Å². The Morgan fingerprint density at radius 3 is 2.40 bits per heavy atom. The lowest BCUT2D eigenvalue weighted by atomic mass is 10.0. The van der Waals surface area contributed by atoms with Crippen LogP contribution in [0.15, 0.2) is 48.5 Å². The number of fused-ring (bicyclic) bond motifs is 2. The standard InChI is InChI=1S/C25H31N2O4PS.C2H6/c28-24(26-17-7-1-2-8-18-31-32(30)33)15-16-25(29)27-19-22-11-4-3-9-20(22)13-14-21-10-5-6-12-23(21)27;1-2/h3-6,9-14,30,33H,1-2,7-8,15-19H2,(H,26,28);1-2H3/b14-13-;. The molecular formula is C27H37N2O4PS. The second kappa shape index (κ2) is 16.5. The van der Waals surface area contributed by atoms with E-state index in [0.717, 1.165) is 48.1 Å². The summed E-state index contributed by atoms with van der Waals surface area (Å²) >= 11 is 3.80. The van der Waals surface area contributed by atoms with E-state index >= 15 is 0 Å². The molecule has 6 nitrogen and oxygen atoms in total. The molecule has 1 atom stereocenters. The van der Waals surface area contributed by atoms with Crippen LogP contribution < -0.4 is 10.2 Å². The van der Waals surface area contributed by atoms with Crippen molar-refractivity contribution >= 4 is 49.5 Å². The first kappa shape index (κ1) is 29.1. The highest BCUT2D eigenvalue weighted by Crippen LogP contribution is 2.36. The molecule has 0 saturated heterocycles. The number of nitrogens with one attached hydrogen (secondary N) is 1. The normalized spacial score (nSPS) is 13.8. The van der Waals surface area contributed by atoms with Crippen molar-refractivity contribution in [3.05, 3.63) is 65.2 Å². The van der Waals surface area contributed by atoms with Crippen molar-refractivity contribution in [1.82, 2.24) is 5.32 Å². The van der Waals surface area contributed by atoms with Gasteiger partial charge in [0.05, 0.1) is 18.8 Å². The minimum Gasteiger partial charge on any atom is -0.356 e. The molecule has 3 rings (SSSR count). The van der Waals surface area contributed by atoms with Gasteiger partial charge in [0.15, 0.2) is 0 Å². The summed E-state index contributed by atoms with van der Waals surface area (Å²) in [6, 6.07) is 15.9. The fraction of sp³-hybridized carbons (Fsp3) is 0.407. The second-order valence-electron chi connectivity index (χ2n) is 7.92.